The van der Waals surface area contributed by atoms with E-state index in [1.807, 2.05) is 4.90 Å². The molecule has 0 aliphatic carbocycles. The second-order valence-corrected chi connectivity index (χ2v) is 4.95. The smallest absolute Gasteiger partial charge is 0.337 e. The van der Waals surface area contributed by atoms with Gasteiger partial charge >= 0.3 is 5.97 Å². The lowest BCUT2D eigenvalue weighted by molar-refractivity contribution is -0.128. The monoisotopic (exact) mass is 277 g/mol. The molecule has 1 aromatic rings. The van der Waals surface area contributed by atoms with Crippen LogP contribution in [0.4, 0.5) is 5.82 Å². The van der Waals surface area contributed by atoms with Crippen LogP contribution in [0.5, 0.6) is 0 Å². The zero-order valence-electron chi connectivity index (χ0n) is 11.8. The van der Waals surface area contributed by atoms with Crippen LogP contribution in [0.25, 0.3) is 0 Å². The molecule has 1 fully saturated rings. The highest BCUT2D eigenvalue weighted by Crippen LogP contribution is 2.17. The van der Waals surface area contributed by atoms with Gasteiger partial charge in [0.15, 0.2) is 0 Å². The van der Waals surface area contributed by atoms with Gasteiger partial charge in [-0.2, -0.15) is 0 Å². The van der Waals surface area contributed by atoms with Gasteiger partial charge in [0.2, 0.25) is 5.91 Å². The van der Waals surface area contributed by atoms with Gasteiger partial charge in [-0.1, -0.05) is 0 Å². The first-order valence-electron chi connectivity index (χ1n) is 6.70. The number of aryl methyl sites for hydroxylation is 1. The van der Waals surface area contributed by atoms with Crippen LogP contribution in [0, 0.1) is 6.92 Å². The summed E-state index contributed by atoms with van der Waals surface area (Å²) in [6.45, 7) is 6.27. The maximum atomic E-state index is 11.4. The summed E-state index contributed by atoms with van der Waals surface area (Å²) in [7, 11) is 0. The summed E-state index contributed by atoms with van der Waals surface area (Å²) in [6.07, 6.45) is 0.890. The third-order valence-electron chi connectivity index (χ3n) is 3.57. The van der Waals surface area contributed by atoms with Crippen LogP contribution in [-0.2, 0) is 4.79 Å². The minimum absolute atomic E-state index is 0.0946. The molecule has 108 valence electrons. The number of rotatable bonds is 2. The fraction of sp³-hybridized carbons (Fsp3) is 0.500. The molecule has 6 nitrogen and oxygen atoms in total. The van der Waals surface area contributed by atoms with Gasteiger partial charge in [-0.25, -0.2) is 9.78 Å². The molecule has 0 saturated carbocycles. The average molecular weight is 277 g/mol. The van der Waals surface area contributed by atoms with Gasteiger partial charge in [0.05, 0.1) is 11.3 Å². The van der Waals surface area contributed by atoms with Gasteiger partial charge < -0.3 is 14.9 Å². The van der Waals surface area contributed by atoms with Gasteiger partial charge in [-0.05, 0) is 25.5 Å². The molecular formula is C14H19N3O3. The number of hydrogen-bond donors (Lipinski definition) is 1. The predicted octanol–water partition coefficient (Wildman–Crippen LogP) is 1.15. The van der Waals surface area contributed by atoms with Gasteiger partial charge in [-0.3, -0.25) is 4.79 Å². The highest BCUT2D eigenvalue weighted by atomic mass is 16.4. The first-order chi connectivity index (χ1) is 9.49. The minimum Gasteiger partial charge on any atom is -0.478 e. The van der Waals surface area contributed by atoms with Crippen molar-refractivity contribution in [2.45, 2.75) is 20.3 Å². The van der Waals surface area contributed by atoms with Gasteiger partial charge in [0.1, 0.15) is 5.82 Å². The summed E-state index contributed by atoms with van der Waals surface area (Å²) in [5, 5.41) is 9.01. The van der Waals surface area contributed by atoms with E-state index in [4.69, 9.17) is 5.11 Å². The normalized spacial score (nSPS) is 15.9. The maximum absolute atomic E-state index is 11.4. The molecule has 1 N–H and O–H groups in total. The molecule has 0 bridgehead atoms. The number of amides is 1. The number of nitrogens with zero attached hydrogens (tertiary/aromatic N) is 3. The molecule has 2 heterocycles. The summed E-state index contributed by atoms with van der Waals surface area (Å²) in [6, 6.07) is 3.33. The molecule has 0 aromatic carbocycles. The Bertz CT molecular complexity index is 530. The van der Waals surface area contributed by atoms with Crippen LogP contribution >= 0.6 is 0 Å². The van der Waals surface area contributed by atoms with Crippen molar-refractivity contribution in [3.8, 4) is 0 Å². The molecule has 6 heteroatoms. The SMILES string of the molecule is CC(=O)N1CCCN(c2ccc(C(=O)O)c(C)n2)CC1. The number of pyridine rings is 1. The molecule has 1 aliphatic heterocycles. The van der Waals surface area contributed by atoms with E-state index in [9.17, 15) is 9.59 Å². The number of hydrogen-bond acceptors (Lipinski definition) is 4. The van der Waals surface area contributed by atoms with Crippen LogP contribution in [0.3, 0.4) is 0 Å². The minimum atomic E-state index is -0.958. The molecule has 0 unspecified atom stereocenters. The standard InChI is InChI=1S/C14H19N3O3/c1-10-12(14(19)20)4-5-13(15-10)17-7-3-6-16(8-9-17)11(2)18/h4-5H,3,6-9H2,1-2H3,(H,19,20). The van der Waals surface area contributed by atoms with E-state index < -0.39 is 5.97 Å². The topological polar surface area (TPSA) is 73.7 Å². The second kappa shape index (κ2) is 5.90. The Morgan fingerprint density at radius 2 is 1.95 bits per heavy atom. The van der Waals surface area contributed by atoms with E-state index in [-0.39, 0.29) is 11.5 Å². The molecule has 0 radical (unpaired) electrons. The maximum Gasteiger partial charge on any atom is 0.337 e. The molecule has 0 spiro atoms. The molecule has 1 aliphatic rings. The van der Waals surface area contributed by atoms with E-state index in [0.29, 0.717) is 12.2 Å². The predicted molar refractivity (Wildman–Crippen MR) is 75.0 cm³/mol. The van der Waals surface area contributed by atoms with E-state index in [1.165, 1.54) is 0 Å². The number of carboxylic acid groups (broad SMARTS) is 1. The zero-order valence-corrected chi connectivity index (χ0v) is 11.8. The Hall–Kier alpha value is -2.11. The Balaban J connectivity index is 2.14. The molecule has 20 heavy (non-hydrogen) atoms. The lowest BCUT2D eigenvalue weighted by Gasteiger charge is -2.22. The Kier molecular flexibility index (Phi) is 4.22. The fourth-order valence-corrected chi connectivity index (χ4v) is 2.41. The van der Waals surface area contributed by atoms with Crippen LogP contribution in [0.1, 0.15) is 29.4 Å². The highest BCUT2D eigenvalue weighted by molar-refractivity contribution is 5.89. The summed E-state index contributed by atoms with van der Waals surface area (Å²) in [5.41, 5.74) is 0.747. The van der Waals surface area contributed by atoms with Crippen molar-refractivity contribution in [3.63, 3.8) is 0 Å². The number of carbonyl (C=O) groups excluding carboxylic acids is 1. The van der Waals surface area contributed by atoms with Crippen molar-refractivity contribution >= 4 is 17.7 Å². The van der Waals surface area contributed by atoms with E-state index in [0.717, 1.165) is 31.9 Å². The lowest BCUT2D eigenvalue weighted by Crippen LogP contribution is -2.33. The number of anilines is 1. The van der Waals surface area contributed by atoms with E-state index in [2.05, 4.69) is 9.88 Å². The van der Waals surface area contributed by atoms with Crippen molar-refractivity contribution in [2.75, 3.05) is 31.1 Å². The van der Waals surface area contributed by atoms with Gasteiger partial charge in [-0.15, -0.1) is 0 Å². The third kappa shape index (κ3) is 3.07. The van der Waals surface area contributed by atoms with Crippen molar-refractivity contribution < 1.29 is 14.7 Å². The number of aromatic nitrogens is 1. The molecular weight excluding hydrogens is 258 g/mol. The summed E-state index contributed by atoms with van der Waals surface area (Å²) < 4.78 is 0. The van der Waals surface area contributed by atoms with Crippen molar-refractivity contribution in [1.29, 1.82) is 0 Å². The molecule has 1 aromatic heterocycles. The lowest BCUT2D eigenvalue weighted by atomic mass is 10.2. The fourth-order valence-electron chi connectivity index (χ4n) is 2.41. The largest absolute Gasteiger partial charge is 0.478 e. The van der Waals surface area contributed by atoms with E-state index in [1.54, 1.807) is 26.0 Å². The number of carboxylic acids is 1. The van der Waals surface area contributed by atoms with Gasteiger partial charge in [0, 0.05) is 33.1 Å². The Morgan fingerprint density at radius 1 is 1.20 bits per heavy atom. The Morgan fingerprint density at radius 3 is 2.55 bits per heavy atom. The summed E-state index contributed by atoms with van der Waals surface area (Å²) in [4.78, 5) is 30.7. The van der Waals surface area contributed by atoms with Crippen LogP contribution in [-0.4, -0.2) is 53.0 Å². The number of carbonyl (C=O) groups is 2. The van der Waals surface area contributed by atoms with Gasteiger partial charge in [0.25, 0.3) is 0 Å². The first-order valence-corrected chi connectivity index (χ1v) is 6.70. The Labute approximate surface area is 118 Å². The van der Waals surface area contributed by atoms with Crippen LogP contribution < -0.4 is 4.90 Å². The molecule has 1 saturated heterocycles. The number of aromatic carboxylic acids is 1. The molecule has 2 rings (SSSR count). The highest BCUT2D eigenvalue weighted by Gasteiger charge is 2.18. The average Bonchev–Trinajstić information content (AvgIpc) is 2.63. The van der Waals surface area contributed by atoms with E-state index >= 15 is 0 Å². The van der Waals surface area contributed by atoms with Crippen LogP contribution in [0.2, 0.25) is 0 Å². The first kappa shape index (κ1) is 14.3. The molecule has 1 amide bonds. The summed E-state index contributed by atoms with van der Waals surface area (Å²) >= 11 is 0. The van der Waals surface area contributed by atoms with Crippen LogP contribution in [0.15, 0.2) is 12.1 Å². The van der Waals surface area contributed by atoms with Crippen molar-refractivity contribution in [1.82, 2.24) is 9.88 Å². The molecule has 0 atom stereocenters. The van der Waals surface area contributed by atoms with Crippen molar-refractivity contribution in [2.24, 2.45) is 0 Å². The second-order valence-electron chi connectivity index (χ2n) is 4.95. The van der Waals surface area contributed by atoms with Crippen molar-refractivity contribution in [3.05, 3.63) is 23.4 Å². The zero-order chi connectivity index (χ0) is 14.7. The third-order valence-corrected chi connectivity index (χ3v) is 3.57. The summed E-state index contributed by atoms with van der Waals surface area (Å²) in [5.74, 6) is -0.0877. The quantitative estimate of drug-likeness (QED) is 0.877.